The van der Waals surface area contributed by atoms with E-state index in [1.807, 2.05) is 13.0 Å². The summed E-state index contributed by atoms with van der Waals surface area (Å²) in [6.07, 6.45) is 3.68. The minimum atomic E-state index is 0.0552. The molecule has 1 saturated heterocycles. The van der Waals surface area contributed by atoms with Crippen LogP contribution >= 0.6 is 0 Å². The van der Waals surface area contributed by atoms with Crippen LogP contribution < -0.4 is 11.1 Å². The largest absolute Gasteiger partial charge is 0.383 e. The molecule has 0 saturated carbocycles. The predicted octanol–water partition coefficient (Wildman–Crippen LogP) is 1.15. The van der Waals surface area contributed by atoms with E-state index in [2.05, 4.69) is 10.3 Å². The van der Waals surface area contributed by atoms with Crippen LogP contribution in [-0.4, -0.2) is 23.9 Å². The number of aromatic nitrogens is 1. The van der Waals surface area contributed by atoms with E-state index in [1.165, 1.54) is 0 Å². The number of hydrogen-bond acceptors (Lipinski definition) is 4. The molecule has 86 valence electrons. The molecule has 2 heterocycles. The van der Waals surface area contributed by atoms with Crippen LogP contribution in [-0.2, 0) is 0 Å². The molecule has 1 aliphatic heterocycles. The summed E-state index contributed by atoms with van der Waals surface area (Å²) in [6, 6.07) is 1.83. The van der Waals surface area contributed by atoms with Crippen molar-refractivity contribution in [3.05, 3.63) is 23.4 Å². The monoisotopic (exact) mass is 219 g/mol. The molecule has 1 atom stereocenters. The molecular weight excluding hydrogens is 202 g/mol. The number of rotatable bonds is 2. The highest BCUT2D eigenvalue weighted by Crippen LogP contribution is 2.20. The molecule has 1 aliphatic rings. The number of nitrogens with zero attached hydrogens (tertiary/aromatic N) is 1. The molecule has 0 aromatic carbocycles. The highest BCUT2D eigenvalue weighted by molar-refractivity contribution is 6.01. The third kappa shape index (κ3) is 2.22. The molecule has 0 radical (unpaired) electrons. The van der Waals surface area contributed by atoms with Gasteiger partial charge < -0.3 is 11.1 Å². The van der Waals surface area contributed by atoms with Gasteiger partial charge in [0.1, 0.15) is 5.82 Å². The van der Waals surface area contributed by atoms with Crippen molar-refractivity contribution in [3.63, 3.8) is 0 Å². The summed E-state index contributed by atoms with van der Waals surface area (Å²) >= 11 is 0. The molecule has 4 heteroatoms. The summed E-state index contributed by atoms with van der Waals surface area (Å²) in [5.74, 6) is 0.529. The smallest absolute Gasteiger partial charge is 0.170 e. The number of Topliss-reactive ketones (excluding diaryl/α,β-unsaturated/α-hetero) is 1. The minimum Gasteiger partial charge on any atom is -0.383 e. The Kier molecular flexibility index (Phi) is 3.19. The predicted molar refractivity (Wildman–Crippen MR) is 63.3 cm³/mol. The molecule has 16 heavy (non-hydrogen) atoms. The van der Waals surface area contributed by atoms with Gasteiger partial charge in [-0.05, 0) is 37.9 Å². The molecule has 1 unspecified atom stereocenters. The molecular formula is C12H17N3O. The first-order valence-electron chi connectivity index (χ1n) is 5.65. The Labute approximate surface area is 95.3 Å². The maximum Gasteiger partial charge on any atom is 0.170 e. The Morgan fingerprint density at radius 3 is 3.12 bits per heavy atom. The number of nitrogens with one attached hydrogen (secondary N) is 1. The number of nitrogens with two attached hydrogens (primary N) is 1. The van der Waals surface area contributed by atoms with Gasteiger partial charge in [0.25, 0.3) is 0 Å². The summed E-state index contributed by atoms with van der Waals surface area (Å²) in [5.41, 5.74) is 7.30. The van der Waals surface area contributed by atoms with Crippen molar-refractivity contribution in [2.75, 3.05) is 18.8 Å². The molecule has 4 nitrogen and oxygen atoms in total. The van der Waals surface area contributed by atoms with Gasteiger partial charge in [0.15, 0.2) is 5.78 Å². The maximum absolute atomic E-state index is 12.2. The van der Waals surface area contributed by atoms with E-state index in [1.54, 1.807) is 6.20 Å². The summed E-state index contributed by atoms with van der Waals surface area (Å²) in [4.78, 5) is 16.2. The summed E-state index contributed by atoms with van der Waals surface area (Å²) in [7, 11) is 0. The number of anilines is 1. The Hall–Kier alpha value is -1.42. The van der Waals surface area contributed by atoms with Crippen molar-refractivity contribution in [1.82, 2.24) is 10.3 Å². The van der Waals surface area contributed by atoms with Crippen molar-refractivity contribution in [1.29, 1.82) is 0 Å². The molecule has 3 N–H and O–H groups in total. The van der Waals surface area contributed by atoms with Gasteiger partial charge in [-0.25, -0.2) is 4.98 Å². The van der Waals surface area contributed by atoms with Crippen LogP contribution in [0.25, 0.3) is 0 Å². The molecule has 1 aromatic heterocycles. The number of hydrogen-bond donors (Lipinski definition) is 2. The van der Waals surface area contributed by atoms with E-state index in [0.29, 0.717) is 11.4 Å². The third-order valence-corrected chi connectivity index (χ3v) is 2.99. The second kappa shape index (κ2) is 4.61. The van der Waals surface area contributed by atoms with Crippen molar-refractivity contribution >= 4 is 11.6 Å². The van der Waals surface area contributed by atoms with Gasteiger partial charge in [0, 0.05) is 18.7 Å². The van der Waals surface area contributed by atoms with Gasteiger partial charge in [0.05, 0.1) is 5.56 Å². The summed E-state index contributed by atoms with van der Waals surface area (Å²) in [6.45, 7) is 3.68. The van der Waals surface area contributed by atoms with Crippen LogP contribution in [0.3, 0.4) is 0 Å². The molecule has 0 amide bonds. The lowest BCUT2D eigenvalue weighted by Crippen LogP contribution is -2.34. The average Bonchev–Trinajstić information content (AvgIpc) is 2.32. The van der Waals surface area contributed by atoms with E-state index < -0.39 is 0 Å². The maximum atomic E-state index is 12.2. The van der Waals surface area contributed by atoms with Crippen molar-refractivity contribution in [2.24, 2.45) is 5.92 Å². The molecule has 2 rings (SSSR count). The highest BCUT2D eigenvalue weighted by atomic mass is 16.1. The van der Waals surface area contributed by atoms with Crippen molar-refractivity contribution < 1.29 is 4.79 Å². The van der Waals surface area contributed by atoms with E-state index in [-0.39, 0.29) is 11.7 Å². The first-order valence-corrected chi connectivity index (χ1v) is 5.65. The topological polar surface area (TPSA) is 68.0 Å². The number of carbonyl (C=O) groups excluding carboxylic acids is 1. The molecule has 1 aromatic rings. The zero-order valence-corrected chi connectivity index (χ0v) is 9.49. The van der Waals surface area contributed by atoms with E-state index in [4.69, 9.17) is 5.73 Å². The van der Waals surface area contributed by atoms with Gasteiger partial charge in [-0.15, -0.1) is 0 Å². The number of piperidine rings is 1. The Balaban J connectivity index is 2.22. The summed E-state index contributed by atoms with van der Waals surface area (Å²) < 4.78 is 0. The Bertz CT molecular complexity index is 397. The zero-order chi connectivity index (χ0) is 11.5. The number of aryl methyl sites for hydroxylation is 1. The van der Waals surface area contributed by atoms with Crippen LogP contribution in [0.4, 0.5) is 5.82 Å². The lowest BCUT2D eigenvalue weighted by atomic mass is 9.91. The van der Waals surface area contributed by atoms with Crippen LogP contribution in [0, 0.1) is 12.8 Å². The second-order valence-electron chi connectivity index (χ2n) is 4.35. The SMILES string of the molecule is Cc1cnc(N)c(C(=O)C2CCCNC2)c1. The quantitative estimate of drug-likeness (QED) is 0.732. The number of ketones is 1. The lowest BCUT2D eigenvalue weighted by molar-refractivity contribution is 0.0900. The fraction of sp³-hybridized carbons (Fsp3) is 0.500. The number of nitrogen functional groups attached to an aromatic ring is 1. The lowest BCUT2D eigenvalue weighted by Gasteiger charge is -2.21. The average molecular weight is 219 g/mol. The Morgan fingerprint density at radius 2 is 2.44 bits per heavy atom. The van der Waals surface area contributed by atoms with E-state index in [0.717, 1.165) is 31.5 Å². The Morgan fingerprint density at radius 1 is 1.62 bits per heavy atom. The van der Waals surface area contributed by atoms with Crippen molar-refractivity contribution in [3.8, 4) is 0 Å². The fourth-order valence-electron chi connectivity index (χ4n) is 2.07. The second-order valence-corrected chi connectivity index (χ2v) is 4.35. The minimum absolute atomic E-state index is 0.0552. The van der Waals surface area contributed by atoms with Crippen LogP contribution in [0.5, 0.6) is 0 Å². The highest BCUT2D eigenvalue weighted by Gasteiger charge is 2.24. The number of carbonyl (C=O) groups is 1. The summed E-state index contributed by atoms with van der Waals surface area (Å²) in [5, 5.41) is 3.24. The van der Waals surface area contributed by atoms with Gasteiger partial charge in [-0.2, -0.15) is 0 Å². The first kappa shape index (κ1) is 11.1. The first-order chi connectivity index (χ1) is 7.68. The van der Waals surface area contributed by atoms with Gasteiger partial charge in [-0.3, -0.25) is 4.79 Å². The number of pyridine rings is 1. The molecule has 0 bridgehead atoms. The van der Waals surface area contributed by atoms with Crippen LogP contribution in [0.2, 0.25) is 0 Å². The normalized spacial score (nSPS) is 20.7. The standard InChI is InChI=1S/C12H17N3O/c1-8-5-10(12(13)15-6-8)11(16)9-3-2-4-14-7-9/h5-6,9,14H,2-4,7H2,1H3,(H2,13,15). The van der Waals surface area contributed by atoms with Crippen LogP contribution in [0.15, 0.2) is 12.3 Å². The van der Waals surface area contributed by atoms with Crippen LogP contribution in [0.1, 0.15) is 28.8 Å². The zero-order valence-electron chi connectivity index (χ0n) is 9.49. The van der Waals surface area contributed by atoms with Crippen molar-refractivity contribution in [2.45, 2.75) is 19.8 Å². The molecule has 0 aliphatic carbocycles. The van der Waals surface area contributed by atoms with Gasteiger partial charge in [0.2, 0.25) is 0 Å². The molecule has 0 spiro atoms. The van der Waals surface area contributed by atoms with Gasteiger partial charge >= 0.3 is 0 Å². The van der Waals surface area contributed by atoms with E-state index >= 15 is 0 Å². The van der Waals surface area contributed by atoms with Gasteiger partial charge in [-0.1, -0.05) is 0 Å². The third-order valence-electron chi connectivity index (χ3n) is 2.99. The van der Waals surface area contributed by atoms with E-state index in [9.17, 15) is 4.79 Å². The fourth-order valence-corrected chi connectivity index (χ4v) is 2.07. The molecule has 1 fully saturated rings.